The Bertz CT molecular complexity index is 936. The van der Waals surface area contributed by atoms with Gasteiger partial charge in [0.05, 0.1) is 12.5 Å². The van der Waals surface area contributed by atoms with Gasteiger partial charge >= 0.3 is 7.12 Å². The van der Waals surface area contributed by atoms with Gasteiger partial charge in [-0.05, 0) is 49.8 Å². The van der Waals surface area contributed by atoms with Crippen molar-refractivity contribution in [3.63, 3.8) is 0 Å². The molecular formula is C28H40BN3O4. The molecule has 0 aromatic heterocycles. The van der Waals surface area contributed by atoms with E-state index in [0.29, 0.717) is 38.8 Å². The van der Waals surface area contributed by atoms with E-state index in [1.54, 1.807) is 4.90 Å². The molecule has 0 spiro atoms. The van der Waals surface area contributed by atoms with Crippen LogP contribution in [0.5, 0.6) is 0 Å². The number of nitrogens with zero attached hydrogens (tertiary/aromatic N) is 1. The number of amides is 2. The fraction of sp³-hybridized carbons (Fsp3) is 0.500. The van der Waals surface area contributed by atoms with Gasteiger partial charge in [-0.15, -0.1) is 0 Å². The lowest BCUT2D eigenvalue weighted by Crippen LogP contribution is -2.52. The van der Waals surface area contributed by atoms with Crippen molar-refractivity contribution in [1.82, 2.24) is 10.2 Å². The molecule has 0 radical (unpaired) electrons. The van der Waals surface area contributed by atoms with Gasteiger partial charge in [0.25, 0.3) is 0 Å². The van der Waals surface area contributed by atoms with Crippen LogP contribution >= 0.6 is 0 Å². The Kier molecular flexibility index (Phi) is 11.0. The van der Waals surface area contributed by atoms with Crippen LogP contribution in [0.2, 0.25) is 0 Å². The molecule has 36 heavy (non-hydrogen) atoms. The van der Waals surface area contributed by atoms with E-state index >= 15 is 0 Å². The molecule has 1 aliphatic rings. The number of unbranched alkanes of at least 4 members (excludes halogenated alkanes) is 1. The van der Waals surface area contributed by atoms with Crippen LogP contribution in [0.1, 0.15) is 62.5 Å². The molecule has 2 amide bonds. The molecule has 3 rings (SSSR count). The molecule has 1 fully saturated rings. The summed E-state index contributed by atoms with van der Waals surface area (Å²) in [5, 5.41) is 22.3. The molecule has 2 aromatic rings. The first kappa shape index (κ1) is 27.9. The number of nitrogens with one attached hydrogen (secondary N) is 1. The van der Waals surface area contributed by atoms with Crippen LogP contribution in [-0.4, -0.2) is 59.5 Å². The Morgan fingerprint density at radius 3 is 2.25 bits per heavy atom. The molecule has 2 aromatic carbocycles. The monoisotopic (exact) mass is 493 g/mol. The molecule has 0 saturated heterocycles. The average Bonchev–Trinajstić information content (AvgIpc) is 3.37. The third-order valence-electron chi connectivity index (χ3n) is 7.27. The highest BCUT2D eigenvalue weighted by Gasteiger charge is 2.39. The fourth-order valence-electron chi connectivity index (χ4n) is 5.26. The summed E-state index contributed by atoms with van der Waals surface area (Å²) in [6.07, 6.45) is 6.86. The molecule has 1 unspecified atom stereocenters. The standard InChI is InChI=1S/C28H40BN3O4/c30-20-10-7-15-25(29(35)36)31-26(33)21-32(27(34)17-16-23-11-3-1-4-12-23)22-28(18-8-9-19-28)24-13-5-2-6-14-24/h1-6,11-14,25,35-36H,7-10,15-22,30H2,(H,31,33). The van der Waals surface area contributed by atoms with E-state index < -0.39 is 13.1 Å². The zero-order valence-corrected chi connectivity index (χ0v) is 21.1. The highest BCUT2D eigenvalue weighted by molar-refractivity contribution is 6.43. The molecule has 194 valence electrons. The van der Waals surface area contributed by atoms with Crippen molar-refractivity contribution >= 4 is 18.9 Å². The van der Waals surface area contributed by atoms with E-state index in [-0.39, 0.29) is 23.8 Å². The third-order valence-corrected chi connectivity index (χ3v) is 7.27. The Labute approximate surface area is 215 Å². The first-order valence-corrected chi connectivity index (χ1v) is 13.2. The predicted octanol–water partition coefficient (Wildman–Crippen LogP) is 2.59. The van der Waals surface area contributed by atoms with E-state index in [4.69, 9.17) is 5.73 Å². The number of nitrogens with two attached hydrogens (primary N) is 1. The summed E-state index contributed by atoms with van der Waals surface area (Å²) in [5.41, 5.74) is 7.65. The van der Waals surface area contributed by atoms with Gasteiger partial charge in [0, 0.05) is 18.4 Å². The Morgan fingerprint density at radius 2 is 1.64 bits per heavy atom. The Morgan fingerprint density at radius 1 is 1.00 bits per heavy atom. The lowest BCUT2D eigenvalue weighted by atomic mass is 9.76. The predicted molar refractivity (Wildman–Crippen MR) is 143 cm³/mol. The highest BCUT2D eigenvalue weighted by Crippen LogP contribution is 2.41. The van der Waals surface area contributed by atoms with E-state index in [2.05, 4.69) is 17.4 Å². The van der Waals surface area contributed by atoms with Gasteiger partial charge in [-0.25, -0.2) is 0 Å². The largest absolute Gasteiger partial charge is 0.475 e. The van der Waals surface area contributed by atoms with Gasteiger partial charge in [-0.1, -0.05) is 79.9 Å². The summed E-state index contributed by atoms with van der Waals surface area (Å²) in [6.45, 7) is 0.868. The minimum Gasteiger partial charge on any atom is -0.426 e. The Hall–Kier alpha value is -2.68. The van der Waals surface area contributed by atoms with Crippen LogP contribution in [-0.2, 0) is 21.4 Å². The second-order valence-electron chi connectivity index (χ2n) is 9.96. The van der Waals surface area contributed by atoms with Crippen LogP contribution in [0, 0.1) is 0 Å². The molecule has 1 aliphatic carbocycles. The topological polar surface area (TPSA) is 116 Å². The number of hydrogen-bond donors (Lipinski definition) is 4. The third kappa shape index (κ3) is 8.18. The lowest BCUT2D eigenvalue weighted by Gasteiger charge is -2.36. The van der Waals surface area contributed by atoms with Crippen molar-refractivity contribution < 1.29 is 19.6 Å². The van der Waals surface area contributed by atoms with Gasteiger partial charge in [-0.3, -0.25) is 9.59 Å². The quantitative estimate of drug-likeness (QED) is 0.239. The average molecular weight is 493 g/mol. The van der Waals surface area contributed by atoms with Crippen LogP contribution in [0.25, 0.3) is 0 Å². The number of aryl methyl sites for hydroxylation is 1. The van der Waals surface area contributed by atoms with Gasteiger partial charge in [0.1, 0.15) is 0 Å². The summed E-state index contributed by atoms with van der Waals surface area (Å²) < 4.78 is 0. The SMILES string of the molecule is NCCCCC(NC(=O)CN(CC1(c2ccccc2)CCCC1)C(=O)CCc1ccccc1)B(O)O. The maximum absolute atomic E-state index is 13.5. The summed E-state index contributed by atoms with van der Waals surface area (Å²) >= 11 is 0. The number of carbonyl (C=O) groups excluding carboxylic acids is 2. The minimum atomic E-state index is -1.67. The van der Waals surface area contributed by atoms with Crippen molar-refractivity contribution in [2.24, 2.45) is 5.73 Å². The van der Waals surface area contributed by atoms with Crippen molar-refractivity contribution in [2.75, 3.05) is 19.6 Å². The molecule has 8 heteroatoms. The molecule has 1 atom stereocenters. The van der Waals surface area contributed by atoms with Crippen molar-refractivity contribution in [3.8, 4) is 0 Å². The first-order valence-electron chi connectivity index (χ1n) is 13.2. The van der Waals surface area contributed by atoms with Crippen molar-refractivity contribution in [2.45, 2.75) is 69.1 Å². The van der Waals surface area contributed by atoms with Gasteiger partial charge < -0.3 is 26.0 Å². The maximum Gasteiger partial charge on any atom is 0.475 e. The van der Waals surface area contributed by atoms with E-state index in [1.807, 2.05) is 48.5 Å². The molecule has 0 heterocycles. The zero-order valence-electron chi connectivity index (χ0n) is 21.1. The molecule has 0 aliphatic heterocycles. The van der Waals surface area contributed by atoms with Gasteiger partial charge in [-0.2, -0.15) is 0 Å². The summed E-state index contributed by atoms with van der Waals surface area (Å²) in [7, 11) is -1.67. The molecular weight excluding hydrogens is 453 g/mol. The number of carbonyl (C=O) groups is 2. The highest BCUT2D eigenvalue weighted by atomic mass is 16.4. The Balaban J connectivity index is 1.75. The summed E-state index contributed by atoms with van der Waals surface area (Å²) in [6, 6.07) is 20.1. The van der Waals surface area contributed by atoms with Gasteiger partial charge in [0.2, 0.25) is 11.8 Å². The van der Waals surface area contributed by atoms with Crippen LogP contribution < -0.4 is 11.1 Å². The second kappa shape index (κ2) is 14.2. The first-order chi connectivity index (χ1) is 17.4. The van der Waals surface area contributed by atoms with Gasteiger partial charge in [0.15, 0.2) is 0 Å². The number of hydrogen-bond acceptors (Lipinski definition) is 5. The van der Waals surface area contributed by atoms with Crippen LogP contribution in [0.15, 0.2) is 60.7 Å². The molecule has 7 nitrogen and oxygen atoms in total. The molecule has 1 saturated carbocycles. The van der Waals surface area contributed by atoms with Crippen molar-refractivity contribution in [3.05, 3.63) is 71.8 Å². The van der Waals surface area contributed by atoms with Crippen molar-refractivity contribution in [1.29, 1.82) is 0 Å². The summed E-state index contributed by atoms with van der Waals surface area (Å²) in [4.78, 5) is 28.2. The lowest BCUT2D eigenvalue weighted by molar-refractivity contribution is -0.137. The smallest absolute Gasteiger partial charge is 0.426 e. The van der Waals surface area contributed by atoms with Crippen LogP contribution in [0.4, 0.5) is 0 Å². The van der Waals surface area contributed by atoms with E-state index in [1.165, 1.54) is 5.56 Å². The minimum absolute atomic E-state index is 0.0690. The maximum atomic E-state index is 13.5. The van der Waals surface area contributed by atoms with E-state index in [0.717, 1.165) is 37.7 Å². The second-order valence-corrected chi connectivity index (χ2v) is 9.96. The molecule has 0 bridgehead atoms. The summed E-state index contributed by atoms with van der Waals surface area (Å²) in [5.74, 6) is -1.24. The fourth-order valence-corrected chi connectivity index (χ4v) is 5.26. The number of benzene rings is 2. The molecule has 5 N–H and O–H groups in total. The van der Waals surface area contributed by atoms with E-state index in [9.17, 15) is 19.6 Å². The van der Waals surface area contributed by atoms with Crippen LogP contribution in [0.3, 0.4) is 0 Å². The number of rotatable bonds is 14. The zero-order chi connectivity index (χ0) is 25.8. The normalized spacial score (nSPS) is 15.3.